The third-order valence-electron chi connectivity index (χ3n) is 0.972. The van der Waals surface area contributed by atoms with Gasteiger partial charge in [-0.15, -0.1) is 6.58 Å². The van der Waals surface area contributed by atoms with Crippen LogP contribution in [0.25, 0.3) is 0 Å². The first-order valence-corrected chi connectivity index (χ1v) is 4.49. The molecule has 6 heteroatoms. The van der Waals surface area contributed by atoms with Crippen LogP contribution in [0.5, 0.6) is 0 Å². The Balaban J connectivity index is 0. The molecule has 0 fully saturated rings. The van der Waals surface area contributed by atoms with Crippen molar-refractivity contribution in [2.75, 3.05) is 11.5 Å². The molecule has 64 valence electrons. The van der Waals surface area contributed by atoms with Crippen molar-refractivity contribution in [1.82, 2.24) is 0 Å². The molecule has 0 aromatic rings. The monoisotopic (exact) mass is 199 g/mol. The largest absolute Gasteiger partial charge is 1.00 e. The molecule has 0 radical (unpaired) electrons. The second kappa shape index (κ2) is 7.94. The van der Waals surface area contributed by atoms with Crippen LogP contribution < -0.4 is 40.4 Å². The van der Waals surface area contributed by atoms with Gasteiger partial charge in [0.05, 0.1) is 12.0 Å². The smallest absolute Gasteiger partial charge is 0.548 e. The molecular formula is C6H10NNaO3S. The van der Waals surface area contributed by atoms with Gasteiger partial charge in [-0.1, -0.05) is 6.08 Å². The zero-order valence-electron chi connectivity index (χ0n) is 6.99. The number of carboxylic acids is 1. The molecule has 12 heavy (non-hydrogen) atoms. The molecular weight excluding hydrogens is 189 g/mol. The van der Waals surface area contributed by atoms with Crippen LogP contribution in [0, 0.1) is 0 Å². The van der Waals surface area contributed by atoms with Gasteiger partial charge in [0.1, 0.15) is 0 Å². The molecule has 0 heterocycles. The predicted octanol–water partition coefficient (Wildman–Crippen LogP) is -5.00. The van der Waals surface area contributed by atoms with Crippen molar-refractivity contribution in [2.45, 2.75) is 6.04 Å². The van der Waals surface area contributed by atoms with E-state index in [1.165, 1.54) is 6.08 Å². The van der Waals surface area contributed by atoms with Crippen LogP contribution in [-0.2, 0) is 15.6 Å². The average Bonchev–Trinajstić information content (AvgIpc) is 1.87. The van der Waals surface area contributed by atoms with Crippen molar-refractivity contribution < 1.29 is 43.7 Å². The Bertz CT molecular complexity index is 186. The molecule has 0 aliphatic heterocycles. The standard InChI is InChI=1S/C6H11NO3S.Na/c1-2-3-11(10)4-5(7)6(8)9;/h2,5H,1,3-4,7H2,(H,8,9);/q;+1/p-1/t5-,11?;/m0./s1. The minimum Gasteiger partial charge on any atom is -0.548 e. The van der Waals surface area contributed by atoms with E-state index in [9.17, 15) is 14.1 Å². The van der Waals surface area contributed by atoms with Crippen molar-refractivity contribution in [3.63, 3.8) is 0 Å². The summed E-state index contributed by atoms with van der Waals surface area (Å²) in [5.41, 5.74) is 5.06. The third kappa shape index (κ3) is 7.00. The summed E-state index contributed by atoms with van der Waals surface area (Å²) in [6.07, 6.45) is 1.46. The van der Waals surface area contributed by atoms with E-state index >= 15 is 0 Å². The number of carbonyl (C=O) groups excluding carboxylic acids is 1. The molecule has 0 saturated heterocycles. The Morgan fingerprint density at radius 1 is 1.75 bits per heavy atom. The molecule has 0 bridgehead atoms. The molecule has 4 nitrogen and oxygen atoms in total. The van der Waals surface area contributed by atoms with Gasteiger partial charge < -0.3 is 15.6 Å². The Kier molecular flexibility index (Phi) is 9.81. The van der Waals surface area contributed by atoms with Crippen LogP contribution in [-0.4, -0.2) is 27.7 Å². The molecule has 0 rings (SSSR count). The van der Waals surface area contributed by atoms with Crippen LogP contribution in [0.1, 0.15) is 0 Å². The van der Waals surface area contributed by atoms with Crippen LogP contribution in [0.2, 0.25) is 0 Å². The van der Waals surface area contributed by atoms with Gasteiger partial charge in [0, 0.05) is 22.3 Å². The first-order valence-electron chi connectivity index (χ1n) is 3.00. The fourth-order valence-electron chi connectivity index (χ4n) is 0.468. The fraction of sp³-hybridized carbons (Fsp3) is 0.500. The molecule has 0 aromatic carbocycles. The van der Waals surface area contributed by atoms with E-state index in [1.807, 2.05) is 0 Å². The summed E-state index contributed by atoms with van der Waals surface area (Å²) < 4.78 is 10.8. The molecule has 0 aromatic heterocycles. The maximum absolute atomic E-state index is 10.8. The predicted molar refractivity (Wildman–Crippen MR) is 41.1 cm³/mol. The molecule has 2 N–H and O–H groups in total. The van der Waals surface area contributed by atoms with Crippen molar-refractivity contribution >= 4 is 16.8 Å². The topological polar surface area (TPSA) is 83.2 Å². The van der Waals surface area contributed by atoms with Crippen LogP contribution in [0.15, 0.2) is 12.7 Å². The maximum Gasteiger partial charge on any atom is 1.00 e. The Morgan fingerprint density at radius 2 is 2.25 bits per heavy atom. The summed E-state index contributed by atoms with van der Waals surface area (Å²) in [4.78, 5) is 10.0. The molecule has 0 aliphatic rings. The number of rotatable bonds is 5. The van der Waals surface area contributed by atoms with E-state index in [2.05, 4.69) is 6.58 Å². The number of hydrogen-bond acceptors (Lipinski definition) is 4. The van der Waals surface area contributed by atoms with Gasteiger partial charge >= 0.3 is 29.6 Å². The second-order valence-electron chi connectivity index (χ2n) is 1.99. The molecule has 0 spiro atoms. The Labute approximate surface area is 96.0 Å². The van der Waals surface area contributed by atoms with E-state index < -0.39 is 22.8 Å². The number of aliphatic carboxylic acids is 1. The van der Waals surface area contributed by atoms with Crippen LogP contribution in [0.3, 0.4) is 0 Å². The van der Waals surface area contributed by atoms with Crippen molar-refractivity contribution in [3.8, 4) is 0 Å². The van der Waals surface area contributed by atoms with Gasteiger partial charge in [-0.3, -0.25) is 4.21 Å². The quantitative estimate of drug-likeness (QED) is 0.355. The van der Waals surface area contributed by atoms with Crippen molar-refractivity contribution in [3.05, 3.63) is 12.7 Å². The molecule has 1 unspecified atom stereocenters. The van der Waals surface area contributed by atoms with Crippen LogP contribution >= 0.6 is 0 Å². The average molecular weight is 199 g/mol. The van der Waals surface area contributed by atoms with E-state index in [-0.39, 0.29) is 41.1 Å². The van der Waals surface area contributed by atoms with Gasteiger partial charge in [-0.25, -0.2) is 0 Å². The van der Waals surface area contributed by atoms with Crippen molar-refractivity contribution in [1.29, 1.82) is 0 Å². The summed E-state index contributed by atoms with van der Waals surface area (Å²) in [6, 6.07) is -1.14. The number of carboxylic acid groups (broad SMARTS) is 1. The summed E-state index contributed by atoms with van der Waals surface area (Å²) in [5.74, 6) is -1.18. The summed E-state index contributed by atoms with van der Waals surface area (Å²) in [7, 11) is -1.23. The van der Waals surface area contributed by atoms with E-state index in [4.69, 9.17) is 5.73 Å². The van der Waals surface area contributed by atoms with Gasteiger partial charge in [-0.05, 0) is 0 Å². The number of hydrogen-bond donors (Lipinski definition) is 1. The number of carbonyl (C=O) groups is 1. The first kappa shape index (κ1) is 14.8. The minimum atomic E-state index is -1.37. The summed E-state index contributed by atoms with van der Waals surface area (Å²) in [5, 5.41) is 10.0. The van der Waals surface area contributed by atoms with Gasteiger partial charge in [0.2, 0.25) is 0 Å². The molecule has 0 aliphatic carbocycles. The molecule has 2 atom stereocenters. The minimum absolute atomic E-state index is 0. The zero-order valence-corrected chi connectivity index (χ0v) is 9.80. The molecule has 0 saturated carbocycles. The maximum atomic E-state index is 10.8. The third-order valence-corrected chi connectivity index (χ3v) is 2.31. The summed E-state index contributed by atoms with van der Waals surface area (Å²) >= 11 is 0. The van der Waals surface area contributed by atoms with Gasteiger partial charge in [0.25, 0.3) is 0 Å². The van der Waals surface area contributed by atoms with E-state index in [0.717, 1.165) is 0 Å². The van der Waals surface area contributed by atoms with E-state index in [0.29, 0.717) is 0 Å². The SMILES string of the molecule is C=CCS(=O)C[C@H](N)C(=O)[O-].[Na+]. The molecule has 0 amide bonds. The van der Waals surface area contributed by atoms with Gasteiger partial charge in [-0.2, -0.15) is 0 Å². The Hall–Kier alpha value is 0.320. The van der Waals surface area contributed by atoms with Gasteiger partial charge in [0.15, 0.2) is 0 Å². The summed E-state index contributed by atoms with van der Waals surface area (Å²) in [6.45, 7) is 3.36. The van der Waals surface area contributed by atoms with E-state index in [1.54, 1.807) is 0 Å². The zero-order chi connectivity index (χ0) is 8.85. The van der Waals surface area contributed by atoms with Crippen molar-refractivity contribution in [2.24, 2.45) is 5.73 Å². The fourth-order valence-corrected chi connectivity index (χ4v) is 1.40. The number of nitrogens with two attached hydrogens (primary N) is 1. The normalized spacial score (nSPS) is 14.1. The Morgan fingerprint density at radius 3 is 2.58 bits per heavy atom. The van der Waals surface area contributed by atoms with Crippen LogP contribution in [0.4, 0.5) is 0 Å². The second-order valence-corrected chi connectivity index (χ2v) is 3.53. The first-order chi connectivity index (χ1) is 5.07.